The minimum absolute atomic E-state index is 0.138. The number of carbonyl (C=O) groups excluding carboxylic acids is 1. The van der Waals surface area contributed by atoms with E-state index in [0.717, 1.165) is 37.4 Å². The van der Waals surface area contributed by atoms with Crippen LogP contribution in [0, 0.1) is 5.92 Å². The van der Waals surface area contributed by atoms with Crippen molar-refractivity contribution in [2.45, 2.75) is 32.2 Å². The summed E-state index contributed by atoms with van der Waals surface area (Å²) >= 11 is 5.88. The second-order valence-corrected chi connectivity index (χ2v) is 5.57. The Morgan fingerprint density at radius 3 is 2.79 bits per heavy atom. The molecule has 2 atom stereocenters. The van der Waals surface area contributed by atoms with E-state index in [1.807, 2.05) is 24.3 Å². The first-order valence-corrected chi connectivity index (χ1v) is 7.32. The number of hydrogen-bond acceptors (Lipinski definition) is 2. The van der Waals surface area contributed by atoms with Crippen molar-refractivity contribution in [3.05, 3.63) is 34.9 Å². The molecule has 1 aromatic carbocycles. The molecular weight excluding hydrogens is 260 g/mol. The van der Waals surface area contributed by atoms with Crippen molar-refractivity contribution in [1.82, 2.24) is 10.6 Å². The third-order valence-electron chi connectivity index (χ3n) is 3.67. The van der Waals surface area contributed by atoms with Crippen LogP contribution in [0.3, 0.4) is 0 Å². The van der Waals surface area contributed by atoms with Gasteiger partial charge in [0.05, 0.1) is 5.92 Å². The van der Waals surface area contributed by atoms with Crippen LogP contribution in [0.1, 0.15) is 25.3 Å². The molecule has 0 aliphatic carbocycles. The Morgan fingerprint density at radius 1 is 1.47 bits per heavy atom. The van der Waals surface area contributed by atoms with Crippen LogP contribution < -0.4 is 10.6 Å². The Bertz CT molecular complexity index is 413. The van der Waals surface area contributed by atoms with E-state index in [2.05, 4.69) is 17.6 Å². The second kappa shape index (κ2) is 6.92. The number of nitrogens with one attached hydrogen (secondary N) is 2. The van der Waals surface area contributed by atoms with Crippen molar-refractivity contribution in [2.24, 2.45) is 5.92 Å². The van der Waals surface area contributed by atoms with Gasteiger partial charge in [-0.2, -0.15) is 0 Å². The number of carbonyl (C=O) groups is 1. The molecule has 1 aliphatic heterocycles. The van der Waals surface area contributed by atoms with E-state index in [4.69, 9.17) is 11.6 Å². The minimum atomic E-state index is 0.138. The van der Waals surface area contributed by atoms with E-state index >= 15 is 0 Å². The van der Waals surface area contributed by atoms with Gasteiger partial charge in [-0.1, -0.05) is 30.7 Å². The van der Waals surface area contributed by atoms with E-state index in [1.165, 1.54) is 5.56 Å². The number of hydrogen-bond donors (Lipinski definition) is 2. The van der Waals surface area contributed by atoms with Gasteiger partial charge < -0.3 is 10.6 Å². The molecular formula is C15H21ClN2O. The summed E-state index contributed by atoms with van der Waals surface area (Å²) in [5.41, 5.74) is 1.21. The summed E-state index contributed by atoms with van der Waals surface area (Å²) in [4.78, 5) is 12.1. The monoisotopic (exact) mass is 280 g/mol. The van der Waals surface area contributed by atoms with Crippen LogP contribution in [0.15, 0.2) is 24.3 Å². The highest BCUT2D eigenvalue weighted by Gasteiger charge is 2.23. The quantitative estimate of drug-likeness (QED) is 0.870. The van der Waals surface area contributed by atoms with E-state index in [-0.39, 0.29) is 17.9 Å². The maximum atomic E-state index is 12.1. The van der Waals surface area contributed by atoms with Crippen LogP contribution in [0.25, 0.3) is 0 Å². The molecule has 0 bridgehead atoms. The largest absolute Gasteiger partial charge is 0.353 e. The summed E-state index contributed by atoms with van der Waals surface area (Å²) in [6.45, 7) is 3.86. The normalized spacial score (nSPS) is 20.2. The third-order valence-corrected chi connectivity index (χ3v) is 3.92. The van der Waals surface area contributed by atoms with Crippen LogP contribution >= 0.6 is 11.6 Å². The molecule has 3 nitrogen and oxygen atoms in total. The van der Waals surface area contributed by atoms with Crippen molar-refractivity contribution in [2.75, 3.05) is 13.1 Å². The number of benzene rings is 1. The van der Waals surface area contributed by atoms with Crippen LogP contribution in [-0.4, -0.2) is 25.0 Å². The van der Waals surface area contributed by atoms with Gasteiger partial charge >= 0.3 is 0 Å². The minimum Gasteiger partial charge on any atom is -0.353 e. The van der Waals surface area contributed by atoms with Crippen LogP contribution in [-0.2, 0) is 11.2 Å². The third kappa shape index (κ3) is 4.22. The van der Waals surface area contributed by atoms with Crippen molar-refractivity contribution in [1.29, 1.82) is 0 Å². The fraction of sp³-hybridized carbons (Fsp3) is 0.533. The standard InChI is InChI=1S/C15H21ClN2O/c1-2-14(9-11-3-5-13(16)6-4-11)18-15(19)12-7-8-17-10-12/h3-6,12,14,17H,2,7-10H2,1H3,(H,18,19). The highest BCUT2D eigenvalue weighted by Crippen LogP contribution is 2.13. The highest BCUT2D eigenvalue weighted by molar-refractivity contribution is 6.30. The summed E-state index contributed by atoms with van der Waals surface area (Å²) < 4.78 is 0. The molecule has 0 spiro atoms. The summed E-state index contributed by atoms with van der Waals surface area (Å²) in [5, 5.41) is 7.13. The van der Waals surface area contributed by atoms with Gasteiger partial charge in [0.1, 0.15) is 0 Å². The van der Waals surface area contributed by atoms with Gasteiger partial charge in [0.25, 0.3) is 0 Å². The van der Waals surface area contributed by atoms with Gasteiger partial charge in [0.15, 0.2) is 0 Å². The molecule has 1 aliphatic rings. The molecule has 2 unspecified atom stereocenters. The fourth-order valence-electron chi connectivity index (χ4n) is 2.40. The van der Waals surface area contributed by atoms with Crippen molar-refractivity contribution >= 4 is 17.5 Å². The summed E-state index contributed by atoms with van der Waals surface area (Å²) in [6, 6.07) is 8.04. The van der Waals surface area contributed by atoms with Crippen LogP contribution in [0.2, 0.25) is 5.02 Å². The molecule has 1 fully saturated rings. The lowest BCUT2D eigenvalue weighted by atomic mass is 10.0. The zero-order valence-electron chi connectivity index (χ0n) is 11.3. The van der Waals surface area contributed by atoms with Gasteiger partial charge in [0.2, 0.25) is 5.91 Å². The second-order valence-electron chi connectivity index (χ2n) is 5.13. The van der Waals surface area contributed by atoms with Crippen LogP contribution in [0.5, 0.6) is 0 Å². The van der Waals surface area contributed by atoms with E-state index in [0.29, 0.717) is 0 Å². The smallest absolute Gasteiger partial charge is 0.224 e. The molecule has 0 aromatic heterocycles. The van der Waals surface area contributed by atoms with Crippen molar-refractivity contribution in [3.8, 4) is 0 Å². The van der Waals surface area contributed by atoms with Crippen molar-refractivity contribution in [3.63, 3.8) is 0 Å². The molecule has 2 rings (SSSR count). The van der Waals surface area contributed by atoms with E-state index in [1.54, 1.807) is 0 Å². The molecule has 2 N–H and O–H groups in total. The predicted molar refractivity (Wildman–Crippen MR) is 78.4 cm³/mol. The molecule has 1 heterocycles. The average molecular weight is 281 g/mol. The number of rotatable bonds is 5. The Kier molecular flexibility index (Phi) is 5.23. The van der Waals surface area contributed by atoms with E-state index in [9.17, 15) is 4.79 Å². The lowest BCUT2D eigenvalue weighted by Crippen LogP contribution is -2.40. The van der Waals surface area contributed by atoms with Gasteiger partial charge in [-0.15, -0.1) is 0 Å². The Balaban J connectivity index is 1.88. The molecule has 0 radical (unpaired) electrons. The lowest BCUT2D eigenvalue weighted by molar-refractivity contribution is -0.125. The maximum Gasteiger partial charge on any atom is 0.224 e. The number of halogens is 1. The van der Waals surface area contributed by atoms with Gasteiger partial charge in [-0.25, -0.2) is 0 Å². The molecule has 1 aromatic rings. The maximum absolute atomic E-state index is 12.1. The molecule has 4 heteroatoms. The average Bonchev–Trinajstić information content (AvgIpc) is 2.94. The van der Waals surface area contributed by atoms with Crippen LogP contribution in [0.4, 0.5) is 0 Å². The van der Waals surface area contributed by atoms with Gasteiger partial charge in [0, 0.05) is 17.6 Å². The zero-order valence-corrected chi connectivity index (χ0v) is 12.0. The Morgan fingerprint density at radius 2 is 2.21 bits per heavy atom. The first-order valence-electron chi connectivity index (χ1n) is 6.94. The zero-order chi connectivity index (χ0) is 13.7. The molecule has 19 heavy (non-hydrogen) atoms. The first-order chi connectivity index (χ1) is 9.19. The summed E-state index contributed by atoms with van der Waals surface area (Å²) in [6.07, 6.45) is 2.75. The number of amides is 1. The highest BCUT2D eigenvalue weighted by atomic mass is 35.5. The van der Waals surface area contributed by atoms with Gasteiger partial charge in [-0.05, 0) is 43.5 Å². The first kappa shape index (κ1) is 14.4. The van der Waals surface area contributed by atoms with E-state index < -0.39 is 0 Å². The Labute approximate surface area is 119 Å². The molecule has 1 amide bonds. The summed E-state index contributed by atoms with van der Waals surface area (Å²) in [7, 11) is 0. The molecule has 1 saturated heterocycles. The Hall–Kier alpha value is -1.06. The predicted octanol–water partition coefficient (Wildman–Crippen LogP) is 2.39. The SMILES string of the molecule is CCC(Cc1ccc(Cl)cc1)NC(=O)C1CCNC1. The summed E-state index contributed by atoms with van der Waals surface area (Å²) in [5.74, 6) is 0.324. The van der Waals surface area contributed by atoms with Crippen molar-refractivity contribution < 1.29 is 4.79 Å². The molecule has 104 valence electrons. The molecule has 0 saturated carbocycles. The lowest BCUT2D eigenvalue weighted by Gasteiger charge is -2.19. The van der Waals surface area contributed by atoms with Gasteiger partial charge in [-0.3, -0.25) is 4.79 Å². The fourth-order valence-corrected chi connectivity index (χ4v) is 2.53. The topological polar surface area (TPSA) is 41.1 Å².